The molecule has 0 radical (unpaired) electrons. The van der Waals surface area contributed by atoms with Gasteiger partial charge in [-0.3, -0.25) is 0 Å². The molecule has 0 amide bonds. The molecule has 0 bridgehead atoms. The second-order valence-corrected chi connectivity index (χ2v) is 7.13. The van der Waals surface area contributed by atoms with Crippen LogP contribution in [0.3, 0.4) is 0 Å². The largest absolute Gasteiger partial charge is 0.207 e. The van der Waals surface area contributed by atoms with E-state index in [1.54, 1.807) is 0 Å². The second-order valence-electron chi connectivity index (χ2n) is 4.86. The van der Waals surface area contributed by atoms with Crippen LogP contribution in [0.25, 0.3) is 0 Å². The fraction of sp³-hybridized carbons (Fsp3) is 0.333. The zero-order chi connectivity index (χ0) is 13.4. The van der Waals surface area contributed by atoms with Gasteiger partial charge in [0.1, 0.15) is 11.6 Å². The van der Waals surface area contributed by atoms with Gasteiger partial charge in [0.15, 0.2) is 0 Å². The van der Waals surface area contributed by atoms with E-state index in [9.17, 15) is 8.78 Å². The highest BCUT2D eigenvalue weighted by Gasteiger charge is 2.19. The molecule has 1 aromatic carbocycles. The Balaban J connectivity index is 1.78. The zero-order valence-corrected chi connectivity index (χ0v) is 12.7. The van der Waals surface area contributed by atoms with Crippen LogP contribution in [0.2, 0.25) is 0 Å². The van der Waals surface area contributed by atoms with E-state index in [0.717, 1.165) is 12.5 Å². The standard InChI is InChI=1S/C15H13BrF2S/c16-12(6-9-4-5-11(17)8-13(9)18)15-7-10-2-1-3-14(10)19-15/h4-5,7-8,12H,1-3,6H2. The second kappa shape index (κ2) is 5.33. The lowest BCUT2D eigenvalue weighted by Gasteiger charge is -2.09. The lowest BCUT2D eigenvalue weighted by Crippen LogP contribution is -1.97. The van der Waals surface area contributed by atoms with Gasteiger partial charge in [0.05, 0.1) is 4.83 Å². The number of aryl methyl sites for hydroxylation is 2. The maximum Gasteiger partial charge on any atom is 0.129 e. The number of benzene rings is 1. The third kappa shape index (κ3) is 2.75. The van der Waals surface area contributed by atoms with Crippen LogP contribution in [0.15, 0.2) is 24.3 Å². The summed E-state index contributed by atoms with van der Waals surface area (Å²) in [4.78, 5) is 2.82. The summed E-state index contributed by atoms with van der Waals surface area (Å²) in [6.07, 6.45) is 4.13. The van der Waals surface area contributed by atoms with Gasteiger partial charge in [-0.2, -0.15) is 0 Å². The zero-order valence-electron chi connectivity index (χ0n) is 10.3. The highest BCUT2D eigenvalue weighted by Crippen LogP contribution is 2.38. The predicted octanol–water partition coefficient (Wildman–Crippen LogP) is 5.19. The first-order valence-electron chi connectivity index (χ1n) is 6.33. The summed E-state index contributed by atoms with van der Waals surface area (Å²) in [6, 6.07) is 6.02. The molecule has 1 atom stereocenters. The van der Waals surface area contributed by atoms with Crippen LogP contribution in [0.1, 0.15) is 32.1 Å². The molecule has 1 heterocycles. The molecule has 0 spiro atoms. The summed E-state index contributed by atoms with van der Waals surface area (Å²) in [5.74, 6) is -0.990. The minimum absolute atomic E-state index is 0.100. The van der Waals surface area contributed by atoms with E-state index in [0.29, 0.717) is 12.0 Å². The van der Waals surface area contributed by atoms with Gasteiger partial charge < -0.3 is 0 Å². The average Bonchev–Trinajstić information content (AvgIpc) is 2.93. The van der Waals surface area contributed by atoms with Crippen LogP contribution in [0.5, 0.6) is 0 Å². The van der Waals surface area contributed by atoms with E-state index in [1.807, 2.05) is 11.3 Å². The molecule has 2 aromatic rings. The number of thiophene rings is 1. The molecule has 1 aromatic heterocycles. The molecule has 19 heavy (non-hydrogen) atoms. The normalized spacial score (nSPS) is 15.5. The number of hydrogen-bond acceptors (Lipinski definition) is 1. The number of halogens is 3. The van der Waals surface area contributed by atoms with E-state index in [2.05, 4.69) is 22.0 Å². The maximum atomic E-state index is 13.6. The molecule has 0 aliphatic heterocycles. The van der Waals surface area contributed by atoms with Crippen molar-refractivity contribution < 1.29 is 8.78 Å². The summed E-state index contributed by atoms with van der Waals surface area (Å²) >= 11 is 5.44. The lowest BCUT2D eigenvalue weighted by molar-refractivity contribution is 0.571. The molecule has 0 fully saturated rings. The Morgan fingerprint density at radius 1 is 1.21 bits per heavy atom. The molecule has 0 nitrogen and oxygen atoms in total. The van der Waals surface area contributed by atoms with Crippen molar-refractivity contribution in [2.45, 2.75) is 30.5 Å². The molecule has 4 heteroatoms. The Morgan fingerprint density at radius 3 is 2.79 bits per heavy atom. The lowest BCUT2D eigenvalue weighted by atomic mass is 10.1. The van der Waals surface area contributed by atoms with Crippen LogP contribution in [0.4, 0.5) is 8.78 Å². The van der Waals surface area contributed by atoms with Crippen molar-refractivity contribution in [2.75, 3.05) is 0 Å². The van der Waals surface area contributed by atoms with Gasteiger partial charge >= 0.3 is 0 Å². The molecule has 1 aliphatic carbocycles. The fourth-order valence-corrected chi connectivity index (χ4v) is 4.48. The minimum atomic E-state index is -0.525. The SMILES string of the molecule is Fc1ccc(CC(Br)c2cc3c(s2)CCC3)c(F)c1. The molecule has 0 saturated carbocycles. The van der Waals surface area contributed by atoms with Crippen molar-refractivity contribution >= 4 is 27.3 Å². The smallest absolute Gasteiger partial charge is 0.129 e. The summed E-state index contributed by atoms with van der Waals surface area (Å²) < 4.78 is 26.5. The minimum Gasteiger partial charge on any atom is -0.207 e. The van der Waals surface area contributed by atoms with Crippen molar-refractivity contribution in [3.63, 3.8) is 0 Å². The highest BCUT2D eigenvalue weighted by atomic mass is 79.9. The number of fused-ring (bicyclic) bond motifs is 1. The molecule has 1 unspecified atom stereocenters. The van der Waals surface area contributed by atoms with Crippen LogP contribution >= 0.6 is 27.3 Å². The van der Waals surface area contributed by atoms with Gasteiger partial charge in [-0.15, -0.1) is 11.3 Å². The Morgan fingerprint density at radius 2 is 2.05 bits per heavy atom. The van der Waals surface area contributed by atoms with E-state index in [-0.39, 0.29) is 4.83 Å². The maximum absolute atomic E-state index is 13.6. The van der Waals surface area contributed by atoms with E-state index in [1.165, 1.54) is 40.3 Å². The predicted molar refractivity (Wildman–Crippen MR) is 78.1 cm³/mol. The average molecular weight is 343 g/mol. The number of hydrogen-bond donors (Lipinski definition) is 0. The summed E-state index contributed by atoms with van der Waals surface area (Å²) in [7, 11) is 0. The monoisotopic (exact) mass is 342 g/mol. The van der Waals surface area contributed by atoms with Crippen molar-refractivity contribution in [3.8, 4) is 0 Å². The highest BCUT2D eigenvalue weighted by molar-refractivity contribution is 9.09. The van der Waals surface area contributed by atoms with Gasteiger partial charge in [-0.05, 0) is 48.9 Å². The topological polar surface area (TPSA) is 0 Å². The van der Waals surface area contributed by atoms with Crippen LogP contribution < -0.4 is 0 Å². The van der Waals surface area contributed by atoms with E-state index >= 15 is 0 Å². The first-order valence-corrected chi connectivity index (χ1v) is 8.06. The molecule has 0 N–H and O–H groups in total. The Labute approximate surface area is 123 Å². The fourth-order valence-electron chi connectivity index (χ4n) is 2.49. The molecular weight excluding hydrogens is 330 g/mol. The van der Waals surface area contributed by atoms with Crippen molar-refractivity contribution in [2.24, 2.45) is 0 Å². The molecule has 100 valence electrons. The molecule has 3 rings (SSSR count). The van der Waals surface area contributed by atoms with Crippen molar-refractivity contribution in [1.29, 1.82) is 0 Å². The van der Waals surface area contributed by atoms with Crippen molar-refractivity contribution in [1.82, 2.24) is 0 Å². The quantitative estimate of drug-likeness (QED) is 0.673. The Kier molecular flexibility index (Phi) is 3.72. The van der Waals surface area contributed by atoms with Gasteiger partial charge in [0, 0.05) is 15.8 Å². The molecular formula is C15H13BrF2S. The van der Waals surface area contributed by atoms with Crippen LogP contribution in [-0.4, -0.2) is 0 Å². The molecule has 1 aliphatic rings. The number of rotatable bonds is 3. The summed E-state index contributed by atoms with van der Waals surface area (Å²) in [5.41, 5.74) is 2.00. The molecule has 0 saturated heterocycles. The number of alkyl halides is 1. The third-order valence-electron chi connectivity index (χ3n) is 3.49. The third-order valence-corrected chi connectivity index (χ3v) is 5.96. The summed E-state index contributed by atoms with van der Waals surface area (Å²) in [5, 5.41) is 0. The van der Waals surface area contributed by atoms with Crippen LogP contribution in [-0.2, 0) is 19.3 Å². The van der Waals surface area contributed by atoms with E-state index < -0.39 is 11.6 Å². The van der Waals surface area contributed by atoms with Gasteiger partial charge in [-0.1, -0.05) is 22.0 Å². The first kappa shape index (κ1) is 13.3. The Bertz CT molecular complexity index is 585. The van der Waals surface area contributed by atoms with Gasteiger partial charge in [-0.25, -0.2) is 8.78 Å². The van der Waals surface area contributed by atoms with Crippen molar-refractivity contribution in [3.05, 3.63) is 56.8 Å². The Hall–Kier alpha value is -0.740. The van der Waals surface area contributed by atoms with Gasteiger partial charge in [0.25, 0.3) is 0 Å². The van der Waals surface area contributed by atoms with Crippen LogP contribution in [0, 0.1) is 11.6 Å². The summed E-state index contributed by atoms with van der Waals surface area (Å²) in [6.45, 7) is 0. The first-order chi connectivity index (χ1) is 9.13. The van der Waals surface area contributed by atoms with E-state index in [4.69, 9.17) is 0 Å². The van der Waals surface area contributed by atoms with Gasteiger partial charge in [0.2, 0.25) is 0 Å².